The van der Waals surface area contributed by atoms with Crippen LogP contribution in [0.3, 0.4) is 0 Å². The van der Waals surface area contributed by atoms with Gasteiger partial charge in [-0.05, 0) is 28.1 Å². The molecule has 16 heavy (non-hydrogen) atoms. The highest BCUT2D eigenvalue weighted by Crippen LogP contribution is 2.12. The summed E-state index contributed by atoms with van der Waals surface area (Å²) in [6.07, 6.45) is 0.235. The number of fused-ring (bicyclic) bond motifs is 1. The van der Waals surface area contributed by atoms with E-state index in [9.17, 15) is 9.59 Å². The highest BCUT2D eigenvalue weighted by Gasteiger charge is 2.16. The number of benzene rings is 1. The van der Waals surface area contributed by atoms with Gasteiger partial charge in [-0.2, -0.15) is 0 Å². The summed E-state index contributed by atoms with van der Waals surface area (Å²) in [6, 6.07) is 3.51. The van der Waals surface area contributed by atoms with Gasteiger partial charge < -0.3 is 4.74 Å². The van der Waals surface area contributed by atoms with Gasteiger partial charge in [-0.3, -0.25) is 9.59 Å². The normalized spacial score (nSPS) is 13.5. The van der Waals surface area contributed by atoms with Crippen LogP contribution in [0.25, 0.3) is 5.76 Å². The number of ketones is 1. The molecule has 0 N–H and O–H groups in total. The van der Waals surface area contributed by atoms with E-state index in [-0.39, 0.29) is 18.8 Å². The van der Waals surface area contributed by atoms with E-state index in [4.69, 9.17) is 4.74 Å². The summed E-state index contributed by atoms with van der Waals surface area (Å²) in [5.41, 5.74) is 0. The minimum Gasteiger partial charge on any atom is -0.466 e. The van der Waals surface area contributed by atoms with E-state index < -0.39 is 5.78 Å². The molecule has 1 heterocycles. The lowest BCUT2D eigenvalue weighted by molar-refractivity contribution is -0.127. The Hall–Kier alpha value is -1.01. The first-order chi connectivity index (χ1) is 7.63. The van der Waals surface area contributed by atoms with Gasteiger partial charge in [0.15, 0.2) is 18.8 Å². The summed E-state index contributed by atoms with van der Waals surface area (Å²) in [4.78, 5) is 26.0. The zero-order chi connectivity index (χ0) is 11.7. The maximum atomic E-state index is 11.3. The molecule has 1 aromatic carbocycles. The van der Waals surface area contributed by atoms with Crippen molar-refractivity contribution in [3.8, 4) is 0 Å². The fourth-order valence-corrected chi connectivity index (χ4v) is 2.75. The SMILES string of the molecule is O=CC(=O)C1=c2cc(Br)cc(Br)c2=NCO1. The third-order valence-electron chi connectivity index (χ3n) is 2.04. The van der Waals surface area contributed by atoms with E-state index in [1.165, 1.54) is 0 Å². The van der Waals surface area contributed by atoms with Gasteiger partial charge in [-0.1, -0.05) is 15.9 Å². The monoisotopic (exact) mass is 345 g/mol. The summed E-state index contributed by atoms with van der Waals surface area (Å²) in [7, 11) is 0. The quantitative estimate of drug-likeness (QED) is 0.585. The molecule has 82 valence electrons. The molecule has 0 amide bonds. The van der Waals surface area contributed by atoms with Crippen LogP contribution >= 0.6 is 31.9 Å². The van der Waals surface area contributed by atoms with E-state index in [1.807, 2.05) is 6.07 Å². The number of carbonyl (C=O) groups is 2. The molecule has 0 saturated carbocycles. The Morgan fingerprint density at radius 1 is 1.44 bits per heavy atom. The van der Waals surface area contributed by atoms with Crippen LogP contribution in [0.15, 0.2) is 26.1 Å². The average molecular weight is 347 g/mol. The number of aldehydes is 1. The molecule has 2 rings (SSSR count). The van der Waals surface area contributed by atoms with Crippen LogP contribution < -0.4 is 10.6 Å². The zero-order valence-electron chi connectivity index (χ0n) is 7.87. The van der Waals surface area contributed by atoms with Gasteiger partial charge in [0.2, 0.25) is 0 Å². The highest BCUT2D eigenvalue weighted by molar-refractivity contribution is 9.11. The number of ether oxygens (including phenoxy) is 1. The lowest BCUT2D eigenvalue weighted by Gasteiger charge is -2.10. The van der Waals surface area contributed by atoms with Gasteiger partial charge in [0.1, 0.15) is 0 Å². The van der Waals surface area contributed by atoms with Gasteiger partial charge in [0.25, 0.3) is 5.78 Å². The number of nitrogens with zero attached hydrogens (tertiary/aromatic N) is 1. The predicted molar refractivity (Wildman–Crippen MR) is 63.1 cm³/mol. The molecule has 0 spiro atoms. The topological polar surface area (TPSA) is 55.7 Å². The van der Waals surface area contributed by atoms with Crippen LogP contribution in [-0.2, 0) is 14.3 Å². The Morgan fingerprint density at radius 3 is 2.88 bits per heavy atom. The number of halogens is 2. The van der Waals surface area contributed by atoms with Gasteiger partial charge >= 0.3 is 0 Å². The van der Waals surface area contributed by atoms with Crippen molar-refractivity contribution in [3.63, 3.8) is 0 Å². The molecule has 4 nitrogen and oxygen atoms in total. The molecule has 1 aliphatic heterocycles. The van der Waals surface area contributed by atoms with Crippen molar-refractivity contribution in [3.05, 3.63) is 31.7 Å². The minimum atomic E-state index is -0.679. The Kier molecular flexibility index (Phi) is 3.20. The number of Topliss-reactive ketones (excluding diaryl/α,β-unsaturated/α-hetero) is 1. The molecule has 0 bridgehead atoms. The maximum Gasteiger partial charge on any atom is 0.260 e. The van der Waals surface area contributed by atoms with Crippen LogP contribution in [0.1, 0.15) is 0 Å². The fraction of sp³-hybridized carbons (Fsp3) is 0.100. The summed E-state index contributed by atoms with van der Waals surface area (Å²) in [5, 5.41) is 1.14. The van der Waals surface area contributed by atoms with E-state index >= 15 is 0 Å². The summed E-state index contributed by atoms with van der Waals surface area (Å²) < 4.78 is 6.61. The smallest absolute Gasteiger partial charge is 0.260 e. The van der Waals surface area contributed by atoms with Crippen molar-refractivity contribution in [2.75, 3.05) is 6.73 Å². The van der Waals surface area contributed by atoms with Crippen molar-refractivity contribution in [2.24, 2.45) is 4.99 Å². The third-order valence-corrected chi connectivity index (χ3v) is 3.10. The Balaban J connectivity index is 2.88. The van der Waals surface area contributed by atoms with E-state index in [2.05, 4.69) is 36.9 Å². The highest BCUT2D eigenvalue weighted by atomic mass is 79.9. The summed E-state index contributed by atoms with van der Waals surface area (Å²) in [6.45, 7) is 0.0438. The molecule has 1 aromatic rings. The van der Waals surface area contributed by atoms with Crippen LogP contribution in [0.4, 0.5) is 0 Å². The number of carbonyl (C=O) groups excluding carboxylic acids is 2. The standard InChI is InChI=1S/C10H5Br2NO3/c11-5-1-6-9(7(12)2-5)13-4-16-10(6)8(15)3-14/h1-3H,4H2. The maximum absolute atomic E-state index is 11.3. The van der Waals surface area contributed by atoms with Crippen molar-refractivity contribution in [1.29, 1.82) is 0 Å². The molecule has 0 radical (unpaired) electrons. The van der Waals surface area contributed by atoms with Crippen LogP contribution in [-0.4, -0.2) is 18.8 Å². The molecule has 0 unspecified atom stereocenters. The van der Waals surface area contributed by atoms with E-state index in [0.717, 1.165) is 8.95 Å². The third kappa shape index (κ3) is 1.94. The second-order valence-corrected chi connectivity index (χ2v) is 4.80. The Labute approximate surface area is 107 Å². The Morgan fingerprint density at radius 2 is 2.19 bits per heavy atom. The van der Waals surface area contributed by atoms with Crippen molar-refractivity contribution in [1.82, 2.24) is 0 Å². The number of rotatable bonds is 2. The molecular formula is C10H5Br2NO3. The molecule has 1 aliphatic rings. The van der Waals surface area contributed by atoms with Crippen molar-refractivity contribution in [2.45, 2.75) is 0 Å². The zero-order valence-corrected chi connectivity index (χ0v) is 11.0. The first-order valence-corrected chi connectivity index (χ1v) is 5.88. The van der Waals surface area contributed by atoms with Gasteiger partial charge in [-0.15, -0.1) is 0 Å². The van der Waals surface area contributed by atoms with E-state index in [0.29, 0.717) is 10.6 Å². The molecule has 0 saturated heterocycles. The predicted octanol–water partition coefficient (Wildman–Crippen LogP) is 0.695. The molecule has 0 fully saturated rings. The minimum absolute atomic E-state index is 0.0435. The number of hydrogen-bond donors (Lipinski definition) is 0. The van der Waals surface area contributed by atoms with Crippen LogP contribution in [0, 0.1) is 0 Å². The van der Waals surface area contributed by atoms with Crippen molar-refractivity contribution >= 4 is 49.7 Å². The average Bonchev–Trinajstić information content (AvgIpc) is 2.27. The molecular weight excluding hydrogens is 342 g/mol. The molecule has 0 aliphatic carbocycles. The second-order valence-electron chi connectivity index (χ2n) is 3.03. The lowest BCUT2D eigenvalue weighted by Crippen LogP contribution is -2.36. The van der Waals surface area contributed by atoms with Crippen LogP contribution in [0.2, 0.25) is 0 Å². The Bertz CT molecular complexity index is 595. The first-order valence-electron chi connectivity index (χ1n) is 4.29. The molecule has 0 atom stereocenters. The summed E-state index contributed by atoms with van der Waals surface area (Å²) in [5.74, 6) is -0.636. The lowest BCUT2D eigenvalue weighted by atomic mass is 10.2. The number of hydrogen-bond acceptors (Lipinski definition) is 4. The summed E-state index contributed by atoms with van der Waals surface area (Å²) >= 11 is 6.64. The first kappa shape index (κ1) is 11.5. The van der Waals surface area contributed by atoms with Gasteiger partial charge in [-0.25, -0.2) is 4.99 Å². The van der Waals surface area contributed by atoms with Gasteiger partial charge in [0.05, 0.1) is 5.36 Å². The largest absolute Gasteiger partial charge is 0.466 e. The van der Waals surface area contributed by atoms with Crippen molar-refractivity contribution < 1.29 is 14.3 Å². The van der Waals surface area contributed by atoms with Gasteiger partial charge in [0, 0.05) is 14.2 Å². The molecule has 6 heteroatoms. The molecule has 0 aromatic heterocycles. The fourth-order valence-electron chi connectivity index (χ4n) is 1.40. The van der Waals surface area contributed by atoms with E-state index in [1.54, 1.807) is 6.07 Å². The second kappa shape index (κ2) is 4.47. The van der Waals surface area contributed by atoms with Crippen LogP contribution in [0.5, 0.6) is 0 Å².